The lowest BCUT2D eigenvalue weighted by molar-refractivity contribution is 0.0591. The lowest BCUT2D eigenvalue weighted by Crippen LogP contribution is -2.02. The Bertz CT molecular complexity index is 2490. The average molecular weight is 807 g/mol. The zero-order valence-electron chi connectivity index (χ0n) is 31.1. The zero-order valence-corrected chi connectivity index (χ0v) is 32.6. The van der Waals surface area contributed by atoms with Crippen LogP contribution in [-0.2, 0) is 41.8 Å². The van der Waals surface area contributed by atoms with Gasteiger partial charge in [-0.05, 0) is 121 Å². The molecule has 10 nitrogen and oxygen atoms in total. The van der Waals surface area contributed by atoms with E-state index in [1.54, 1.807) is 54.6 Å². The predicted octanol–water partition coefficient (Wildman–Crippen LogP) is 10.9. The first-order valence-electron chi connectivity index (χ1n) is 18.5. The number of benzene rings is 5. The summed E-state index contributed by atoms with van der Waals surface area (Å²) in [5.41, 5.74) is 7.17. The molecule has 1 saturated carbocycles. The van der Waals surface area contributed by atoms with Gasteiger partial charge in [0.2, 0.25) is 0 Å². The van der Waals surface area contributed by atoms with Gasteiger partial charge in [0.15, 0.2) is 0 Å². The molecule has 0 bridgehead atoms. The number of ether oxygens (including phenoxy) is 5. The monoisotopic (exact) mass is 805 g/mol. The van der Waals surface area contributed by atoms with E-state index in [4.69, 9.17) is 51.4 Å². The molecule has 1 aromatic heterocycles. The average Bonchev–Trinajstić information content (AvgIpc) is 4.04. The van der Waals surface area contributed by atoms with Crippen LogP contribution in [0.25, 0.3) is 11.3 Å². The molecule has 0 unspecified atom stereocenters. The second-order valence-electron chi connectivity index (χ2n) is 13.9. The van der Waals surface area contributed by atoms with Crippen molar-refractivity contribution in [3.05, 3.63) is 146 Å². The van der Waals surface area contributed by atoms with Crippen molar-refractivity contribution in [1.82, 2.24) is 5.16 Å². The van der Waals surface area contributed by atoms with Gasteiger partial charge in [-0.3, -0.25) is 0 Å². The lowest BCUT2D eigenvalue weighted by atomic mass is 10.0. The van der Waals surface area contributed by atoms with Gasteiger partial charge >= 0.3 is 11.9 Å². The Morgan fingerprint density at radius 2 is 1.26 bits per heavy atom. The van der Waals surface area contributed by atoms with Crippen molar-refractivity contribution >= 4 is 35.1 Å². The van der Waals surface area contributed by atoms with E-state index >= 15 is 0 Å². The first-order valence-corrected chi connectivity index (χ1v) is 19.2. The number of halogens is 2. The minimum Gasteiger partial charge on any atom is -0.508 e. The summed E-state index contributed by atoms with van der Waals surface area (Å²) in [7, 11) is 2.74. The number of phenolic OH excluding ortho intramolecular Hbond substituents is 1. The largest absolute Gasteiger partial charge is 0.508 e. The van der Waals surface area contributed by atoms with Crippen LogP contribution >= 0.6 is 23.2 Å². The number of aromatic hydroxyl groups is 1. The van der Waals surface area contributed by atoms with Crippen LogP contribution in [0.5, 0.6) is 34.5 Å². The molecular formula is C45H37Cl2NO9. The third-order valence-corrected chi connectivity index (χ3v) is 10.8. The van der Waals surface area contributed by atoms with Crippen molar-refractivity contribution in [2.24, 2.45) is 0 Å². The molecule has 6 aromatic rings. The zero-order chi connectivity index (χ0) is 39.6. The van der Waals surface area contributed by atoms with E-state index in [1.165, 1.54) is 14.2 Å². The predicted molar refractivity (Wildman–Crippen MR) is 213 cm³/mol. The minimum atomic E-state index is -0.364. The van der Waals surface area contributed by atoms with Crippen LogP contribution in [-0.4, -0.2) is 36.4 Å². The summed E-state index contributed by atoms with van der Waals surface area (Å²) in [6.07, 6.45) is 5.22. The highest BCUT2D eigenvalue weighted by molar-refractivity contribution is 6.39. The SMILES string of the molecule is COC(=O)c1ccc2c(c1)CCc1ccc(O)cc1O2.COC(=O)c1ccc2c(c1)CCc1ccc(OCc3c(-c4c(Cl)cccc4Cl)noc3C3CC3)cc1O2. The Morgan fingerprint density at radius 1 is 0.702 bits per heavy atom. The molecule has 0 saturated heterocycles. The third kappa shape index (κ3) is 8.15. The van der Waals surface area contributed by atoms with Gasteiger partial charge in [0.25, 0.3) is 0 Å². The van der Waals surface area contributed by atoms with Crippen molar-refractivity contribution in [2.45, 2.75) is 51.0 Å². The Kier molecular flexibility index (Phi) is 10.8. The molecule has 1 aliphatic carbocycles. The molecular weight excluding hydrogens is 769 g/mol. The number of carbonyl (C=O) groups excluding carboxylic acids is 2. The maximum Gasteiger partial charge on any atom is 0.337 e. The quantitative estimate of drug-likeness (QED) is 0.156. The second kappa shape index (κ2) is 16.3. The molecule has 0 spiro atoms. The number of methoxy groups -OCH3 is 2. The Hall–Kier alpha value is -5.97. The van der Waals surface area contributed by atoms with Gasteiger partial charge in [-0.25, -0.2) is 9.59 Å². The number of esters is 2. The molecule has 3 aliphatic rings. The van der Waals surface area contributed by atoms with Crippen LogP contribution in [0.4, 0.5) is 0 Å². The van der Waals surface area contributed by atoms with E-state index in [1.807, 2.05) is 36.4 Å². The summed E-state index contributed by atoms with van der Waals surface area (Å²) in [5, 5.41) is 14.9. The van der Waals surface area contributed by atoms with E-state index in [0.29, 0.717) is 61.3 Å². The molecule has 1 N–H and O–H groups in total. The van der Waals surface area contributed by atoms with Crippen LogP contribution in [0.2, 0.25) is 10.0 Å². The molecule has 57 heavy (non-hydrogen) atoms. The molecule has 9 rings (SSSR count). The van der Waals surface area contributed by atoms with E-state index in [-0.39, 0.29) is 24.3 Å². The highest BCUT2D eigenvalue weighted by atomic mass is 35.5. The summed E-state index contributed by atoms with van der Waals surface area (Å²) in [5.74, 6) is 4.10. The van der Waals surface area contributed by atoms with Crippen molar-refractivity contribution in [3.8, 4) is 45.8 Å². The van der Waals surface area contributed by atoms with Crippen LogP contribution in [0.1, 0.15) is 73.1 Å². The molecule has 0 amide bonds. The number of fused-ring (bicyclic) bond motifs is 4. The molecule has 12 heteroatoms. The lowest BCUT2D eigenvalue weighted by Gasteiger charge is -2.13. The van der Waals surface area contributed by atoms with Gasteiger partial charge in [-0.1, -0.05) is 46.6 Å². The van der Waals surface area contributed by atoms with Crippen molar-refractivity contribution < 1.29 is 42.9 Å². The van der Waals surface area contributed by atoms with Crippen LogP contribution in [0.3, 0.4) is 0 Å². The van der Waals surface area contributed by atoms with Gasteiger partial charge in [-0.15, -0.1) is 0 Å². The van der Waals surface area contributed by atoms with E-state index in [0.717, 1.165) is 77.9 Å². The number of aromatic nitrogens is 1. The summed E-state index contributed by atoms with van der Waals surface area (Å²) in [6.45, 7) is 0.254. The van der Waals surface area contributed by atoms with Crippen LogP contribution in [0.15, 0.2) is 95.5 Å². The van der Waals surface area contributed by atoms with Gasteiger partial charge in [0.1, 0.15) is 52.6 Å². The summed E-state index contributed by atoms with van der Waals surface area (Å²) < 4.78 is 33.6. The normalized spacial score (nSPS) is 13.7. The number of carbonyl (C=O) groups is 2. The Labute approximate surface area is 338 Å². The number of hydrogen-bond donors (Lipinski definition) is 1. The Balaban J connectivity index is 0.000000192. The molecule has 1 fully saturated rings. The number of nitrogens with zero attached hydrogens (tertiary/aromatic N) is 1. The maximum atomic E-state index is 11.9. The third-order valence-electron chi connectivity index (χ3n) is 10.2. The van der Waals surface area contributed by atoms with Gasteiger partial charge in [0.05, 0.1) is 41.0 Å². The van der Waals surface area contributed by atoms with Crippen molar-refractivity contribution in [2.75, 3.05) is 14.2 Å². The molecule has 290 valence electrons. The van der Waals surface area contributed by atoms with Crippen LogP contribution < -0.4 is 14.2 Å². The smallest absolute Gasteiger partial charge is 0.337 e. The number of hydrogen-bond acceptors (Lipinski definition) is 10. The number of rotatable bonds is 7. The van der Waals surface area contributed by atoms with Crippen LogP contribution in [0, 0.1) is 0 Å². The first-order chi connectivity index (χ1) is 27.7. The summed E-state index contributed by atoms with van der Waals surface area (Å²) in [6, 6.07) is 26.9. The first kappa shape index (κ1) is 37.9. The van der Waals surface area contributed by atoms with Gasteiger partial charge in [-0.2, -0.15) is 0 Å². The van der Waals surface area contributed by atoms with Crippen molar-refractivity contribution in [3.63, 3.8) is 0 Å². The molecule has 0 radical (unpaired) electrons. The molecule has 3 heterocycles. The van der Waals surface area contributed by atoms with E-state index in [9.17, 15) is 14.7 Å². The van der Waals surface area contributed by atoms with E-state index < -0.39 is 0 Å². The number of phenols is 1. The second-order valence-corrected chi connectivity index (χ2v) is 14.7. The molecule has 2 aliphatic heterocycles. The fourth-order valence-corrected chi connectivity index (χ4v) is 7.57. The highest BCUT2D eigenvalue weighted by Gasteiger charge is 2.34. The van der Waals surface area contributed by atoms with E-state index in [2.05, 4.69) is 5.16 Å². The maximum absolute atomic E-state index is 11.9. The summed E-state index contributed by atoms with van der Waals surface area (Å²) >= 11 is 13.0. The Morgan fingerprint density at radius 3 is 1.84 bits per heavy atom. The molecule has 5 aromatic carbocycles. The number of aryl methyl sites for hydroxylation is 4. The van der Waals surface area contributed by atoms with Crippen molar-refractivity contribution in [1.29, 1.82) is 0 Å². The molecule has 0 atom stereocenters. The van der Waals surface area contributed by atoms with Gasteiger partial charge < -0.3 is 33.3 Å². The topological polar surface area (TPSA) is 127 Å². The summed E-state index contributed by atoms with van der Waals surface area (Å²) in [4.78, 5) is 23.5. The standard InChI is InChI=1S/C29H23Cl2NO5.C16H14O4/c1-34-29(33)19-10-12-24-18(13-19)8-5-16-9-11-20(14-25(16)36-24)35-15-21-27(32-37-28(21)17-6-7-17)26-22(30)3-2-4-23(26)31;1-19-16(18)12-5-7-14-11(8-12)3-2-10-4-6-13(17)9-15(10)20-14/h2-4,9-14,17H,5-8,15H2,1H3;4-9,17H,2-3H2,1H3. The van der Waals surface area contributed by atoms with Gasteiger partial charge in [0, 0.05) is 23.6 Å². The minimum absolute atomic E-state index is 0.179. The highest BCUT2D eigenvalue weighted by Crippen LogP contribution is 2.46. The fourth-order valence-electron chi connectivity index (χ4n) is 6.99. The fraction of sp³-hybridized carbons (Fsp3) is 0.222.